The molecule has 0 bridgehead atoms. The molecule has 9 nitrogen and oxygen atoms in total. The van der Waals surface area contributed by atoms with E-state index in [9.17, 15) is 14.4 Å². The lowest BCUT2D eigenvalue weighted by molar-refractivity contribution is -0.154. The van der Waals surface area contributed by atoms with Crippen LogP contribution in [0.4, 0.5) is 10.5 Å². The van der Waals surface area contributed by atoms with Crippen molar-refractivity contribution in [1.29, 1.82) is 0 Å². The van der Waals surface area contributed by atoms with Crippen molar-refractivity contribution < 1.29 is 23.9 Å². The predicted molar refractivity (Wildman–Crippen MR) is 139 cm³/mol. The Labute approximate surface area is 221 Å². The summed E-state index contributed by atoms with van der Waals surface area (Å²) in [7, 11) is 3.12. The average molecular weight is 527 g/mol. The van der Waals surface area contributed by atoms with Crippen LogP contribution in [-0.4, -0.2) is 80.6 Å². The van der Waals surface area contributed by atoms with E-state index in [1.165, 1.54) is 4.90 Å². The number of piperazine rings is 1. The average Bonchev–Trinajstić information content (AvgIpc) is 2.91. The normalized spacial score (nSPS) is 23.6. The number of benzene rings is 2. The molecule has 2 atom stereocenters. The van der Waals surface area contributed by atoms with Crippen molar-refractivity contribution in [2.24, 2.45) is 5.41 Å². The zero-order valence-corrected chi connectivity index (χ0v) is 22.0. The maximum atomic E-state index is 14.3. The van der Waals surface area contributed by atoms with Gasteiger partial charge in [-0.25, -0.2) is 4.79 Å². The molecule has 2 saturated heterocycles. The molecule has 0 radical (unpaired) electrons. The van der Waals surface area contributed by atoms with Gasteiger partial charge >= 0.3 is 6.03 Å². The van der Waals surface area contributed by atoms with Gasteiger partial charge in [0, 0.05) is 43.3 Å². The van der Waals surface area contributed by atoms with Crippen molar-refractivity contribution in [2.45, 2.75) is 25.8 Å². The number of halogens is 1. The number of likely N-dealkylation sites (N-methyl/N-ethyl adjacent to an activating group) is 1. The molecule has 2 aromatic carbocycles. The first-order valence-corrected chi connectivity index (χ1v) is 12.9. The van der Waals surface area contributed by atoms with Gasteiger partial charge in [0.15, 0.2) is 16.9 Å². The third-order valence-electron chi connectivity index (χ3n) is 7.91. The van der Waals surface area contributed by atoms with Gasteiger partial charge in [0.2, 0.25) is 11.8 Å². The molecule has 2 fully saturated rings. The van der Waals surface area contributed by atoms with E-state index in [4.69, 9.17) is 21.1 Å². The lowest BCUT2D eigenvalue weighted by Gasteiger charge is -2.55. The van der Waals surface area contributed by atoms with E-state index < -0.39 is 29.3 Å². The fourth-order valence-corrected chi connectivity index (χ4v) is 6.10. The third-order valence-corrected chi connectivity index (χ3v) is 8.26. The number of methoxy groups -OCH3 is 2. The van der Waals surface area contributed by atoms with Crippen LogP contribution in [0.2, 0.25) is 5.02 Å². The number of rotatable bonds is 6. The van der Waals surface area contributed by atoms with Crippen LogP contribution in [0.1, 0.15) is 18.1 Å². The summed E-state index contributed by atoms with van der Waals surface area (Å²) >= 11 is 6.60. The molecule has 3 heterocycles. The number of hydrogen-bond donors (Lipinski definition) is 1. The number of nitrogens with zero attached hydrogens (tertiary/aromatic N) is 3. The molecular weight excluding hydrogens is 496 g/mol. The molecule has 1 spiro atoms. The second-order valence-electron chi connectivity index (χ2n) is 9.64. The van der Waals surface area contributed by atoms with Gasteiger partial charge in [0.1, 0.15) is 0 Å². The summed E-state index contributed by atoms with van der Waals surface area (Å²) in [6.07, 6.45) is 0.544. The fraction of sp³-hybridized carbons (Fsp3) is 0.444. The molecule has 1 N–H and O–H groups in total. The van der Waals surface area contributed by atoms with Crippen molar-refractivity contribution in [1.82, 2.24) is 15.1 Å². The van der Waals surface area contributed by atoms with Crippen LogP contribution in [-0.2, 0) is 22.4 Å². The Morgan fingerprint density at radius 3 is 2.59 bits per heavy atom. The number of carbonyl (C=O) groups is 3. The molecule has 0 aliphatic carbocycles. The summed E-state index contributed by atoms with van der Waals surface area (Å²) in [6, 6.07) is 10.0. The molecule has 0 aromatic heterocycles. The maximum Gasteiger partial charge on any atom is 0.330 e. The summed E-state index contributed by atoms with van der Waals surface area (Å²) in [6.45, 7) is 5.01. The number of amides is 4. The van der Waals surface area contributed by atoms with Crippen LogP contribution in [0.3, 0.4) is 0 Å². The second kappa shape index (κ2) is 9.87. The number of anilines is 1. The van der Waals surface area contributed by atoms with Crippen molar-refractivity contribution >= 4 is 35.1 Å². The summed E-state index contributed by atoms with van der Waals surface area (Å²) in [5.74, 6) is 0.138. The molecule has 2 aromatic rings. The number of nitrogens with one attached hydrogen (secondary N) is 1. The number of ether oxygens (including phenoxy) is 2. The number of carbonyl (C=O) groups excluding carboxylic acids is 3. The van der Waals surface area contributed by atoms with Crippen LogP contribution in [0, 0.1) is 5.41 Å². The molecule has 0 saturated carbocycles. The van der Waals surface area contributed by atoms with E-state index in [1.807, 2.05) is 24.3 Å². The van der Waals surface area contributed by atoms with E-state index >= 15 is 0 Å². The third kappa shape index (κ3) is 4.10. The molecule has 37 heavy (non-hydrogen) atoms. The molecule has 196 valence electrons. The lowest BCUT2D eigenvalue weighted by Crippen LogP contribution is -2.75. The van der Waals surface area contributed by atoms with Crippen molar-refractivity contribution in [3.63, 3.8) is 0 Å². The zero-order chi connectivity index (χ0) is 26.3. The summed E-state index contributed by atoms with van der Waals surface area (Å²) in [5, 5.41) is 3.02. The highest BCUT2D eigenvalue weighted by Gasteiger charge is 2.62. The van der Waals surface area contributed by atoms with E-state index in [0.29, 0.717) is 36.0 Å². The number of hydrogen-bond acceptors (Lipinski definition) is 7. The van der Waals surface area contributed by atoms with E-state index in [0.717, 1.165) is 29.9 Å². The smallest absolute Gasteiger partial charge is 0.330 e. The number of imide groups is 2. The molecule has 3 aliphatic heterocycles. The van der Waals surface area contributed by atoms with Crippen molar-refractivity contribution in [2.75, 3.05) is 51.8 Å². The minimum atomic E-state index is -1.46. The highest BCUT2D eigenvalue weighted by Crippen LogP contribution is 2.47. The monoisotopic (exact) mass is 526 g/mol. The summed E-state index contributed by atoms with van der Waals surface area (Å²) < 4.78 is 10.7. The van der Waals surface area contributed by atoms with Crippen LogP contribution >= 0.6 is 11.6 Å². The quantitative estimate of drug-likeness (QED) is 0.579. The van der Waals surface area contributed by atoms with Crippen molar-refractivity contribution in [3.05, 3.63) is 52.5 Å². The van der Waals surface area contributed by atoms with Gasteiger partial charge in [-0.1, -0.05) is 30.7 Å². The Balaban J connectivity index is 1.50. The van der Waals surface area contributed by atoms with Gasteiger partial charge in [-0.15, -0.1) is 0 Å². The van der Waals surface area contributed by atoms with Gasteiger partial charge in [-0.2, -0.15) is 0 Å². The number of barbiturate groups is 1. The Morgan fingerprint density at radius 2 is 1.86 bits per heavy atom. The minimum Gasteiger partial charge on any atom is -0.493 e. The van der Waals surface area contributed by atoms with Crippen LogP contribution in [0.25, 0.3) is 0 Å². The SMILES string of the molecule is CCN1CCN2c3cccc(Cl)c3C[C@]3(C(=O)NC(=O)N(CCc4ccc(OC)c(OC)c4)C3=O)[C@H]2C1. The highest BCUT2D eigenvalue weighted by molar-refractivity contribution is 6.32. The molecule has 3 aliphatic rings. The Bertz CT molecular complexity index is 1250. The van der Waals surface area contributed by atoms with Gasteiger partial charge in [0.25, 0.3) is 0 Å². The number of fused-ring (bicyclic) bond motifs is 4. The first kappa shape index (κ1) is 25.4. The Hall–Kier alpha value is -3.30. The molecule has 0 unspecified atom stereocenters. The molecule has 4 amide bonds. The van der Waals surface area contributed by atoms with Gasteiger partial charge < -0.3 is 14.4 Å². The number of urea groups is 1. The van der Waals surface area contributed by atoms with Gasteiger partial charge in [-0.05, 0) is 48.4 Å². The second-order valence-corrected chi connectivity index (χ2v) is 10.1. The molecular formula is C27H31ClN4O5. The largest absolute Gasteiger partial charge is 0.493 e. The summed E-state index contributed by atoms with van der Waals surface area (Å²) in [4.78, 5) is 46.4. The van der Waals surface area contributed by atoms with Crippen LogP contribution < -0.4 is 19.7 Å². The van der Waals surface area contributed by atoms with E-state index in [2.05, 4.69) is 22.0 Å². The maximum absolute atomic E-state index is 14.3. The molecule has 10 heteroatoms. The zero-order valence-electron chi connectivity index (χ0n) is 21.3. The Morgan fingerprint density at radius 1 is 1.08 bits per heavy atom. The predicted octanol–water partition coefficient (Wildman–Crippen LogP) is 2.73. The summed E-state index contributed by atoms with van der Waals surface area (Å²) in [5.41, 5.74) is 1.13. The standard InChI is InChI=1S/C27H31ClN4O5/c1-4-30-12-13-31-20-7-5-6-19(28)18(20)15-27(23(31)16-30)24(33)29-26(35)32(25(27)34)11-10-17-8-9-21(36-2)22(14-17)37-3/h5-9,14,23H,4,10-13,15-16H2,1-3H3,(H,29,33,35)/t23-,27-/m1/s1. The molecule has 5 rings (SSSR count). The van der Waals surface area contributed by atoms with Crippen molar-refractivity contribution in [3.8, 4) is 11.5 Å². The van der Waals surface area contributed by atoms with Gasteiger partial charge in [-0.3, -0.25) is 24.7 Å². The topological polar surface area (TPSA) is 91.4 Å². The van der Waals surface area contributed by atoms with Crippen LogP contribution in [0.5, 0.6) is 11.5 Å². The fourth-order valence-electron chi connectivity index (χ4n) is 5.86. The lowest BCUT2D eigenvalue weighted by atomic mass is 9.67. The Kier molecular flexibility index (Phi) is 6.76. The van der Waals surface area contributed by atoms with Gasteiger partial charge in [0.05, 0.1) is 20.3 Å². The first-order valence-electron chi connectivity index (χ1n) is 12.5. The van der Waals surface area contributed by atoms with E-state index in [1.54, 1.807) is 26.4 Å². The highest BCUT2D eigenvalue weighted by atomic mass is 35.5. The van der Waals surface area contributed by atoms with E-state index in [-0.39, 0.29) is 13.0 Å². The van der Waals surface area contributed by atoms with Crippen LogP contribution in [0.15, 0.2) is 36.4 Å². The first-order chi connectivity index (χ1) is 17.8. The minimum absolute atomic E-state index is 0.120.